The maximum absolute atomic E-state index is 7.53. The van der Waals surface area contributed by atoms with Crippen LogP contribution in [0.25, 0.3) is 5.57 Å². The number of aryl methyl sites for hydroxylation is 2. The summed E-state index contributed by atoms with van der Waals surface area (Å²) in [6.07, 6.45) is 11.0. The Balaban J connectivity index is 2.88. The summed E-state index contributed by atoms with van der Waals surface area (Å²) >= 11 is 0. The molecule has 0 unspecified atom stereocenters. The molecule has 29 heavy (non-hydrogen) atoms. The Morgan fingerprint density at radius 2 is 1.76 bits per heavy atom. The normalized spacial score (nSPS) is 13.4. The van der Waals surface area contributed by atoms with Crippen molar-refractivity contribution in [3.05, 3.63) is 118 Å². The number of hydrogen-bond donors (Lipinski definition) is 2. The average molecular weight is 384 g/mol. The molecule has 0 radical (unpaired) electrons. The smallest absolute Gasteiger partial charge is 0.0451 e. The predicted octanol–water partition coefficient (Wildman–Crippen LogP) is 6.07. The second-order valence-electron chi connectivity index (χ2n) is 6.80. The lowest BCUT2D eigenvalue weighted by atomic mass is 9.86. The minimum absolute atomic E-state index is 0.486. The average Bonchev–Trinajstić information content (AvgIpc) is 2.73. The first-order chi connectivity index (χ1) is 13.9. The van der Waals surface area contributed by atoms with E-state index in [2.05, 4.69) is 29.8 Å². The molecular formula is C26H29N3. The van der Waals surface area contributed by atoms with Gasteiger partial charge < -0.3 is 11.1 Å². The van der Waals surface area contributed by atoms with Gasteiger partial charge in [-0.1, -0.05) is 61.2 Å². The van der Waals surface area contributed by atoms with Crippen molar-refractivity contribution in [2.24, 2.45) is 5.73 Å². The van der Waals surface area contributed by atoms with E-state index in [4.69, 9.17) is 11.1 Å². The fraction of sp³-hybridized carbons (Fsp3) is 0.154. The van der Waals surface area contributed by atoms with Crippen LogP contribution >= 0.6 is 0 Å². The van der Waals surface area contributed by atoms with Gasteiger partial charge >= 0.3 is 0 Å². The van der Waals surface area contributed by atoms with E-state index >= 15 is 0 Å². The third kappa shape index (κ3) is 5.29. The van der Waals surface area contributed by atoms with Gasteiger partial charge in [-0.25, -0.2) is 0 Å². The predicted molar refractivity (Wildman–Crippen MR) is 125 cm³/mol. The van der Waals surface area contributed by atoms with Crippen LogP contribution in [0.1, 0.15) is 36.2 Å². The lowest BCUT2D eigenvalue weighted by molar-refractivity contribution is 1.15. The first kappa shape index (κ1) is 21.8. The van der Waals surface area contributed by atoms with E-state index in [-0.39, 0.29) is 0 Å². The van der Waals surface area contributed by atoms with Crippen LogP contribution in [0.3, 0.4) is 0 Å². The molecule has 0 saturated carbocycles. The van der Waals surface area contributed by atoms with E-state index in [1.165, 1.54) is 6.21 Å². The van der Waals surface area contributed by atoms with Gasteiger partial charge in [-0.15, -0.1) is 0 Å². The molecule has 3 N–H and O–H groups in total. The summed E-state index contributed by atoms with van der Waals surface area (Å²) < 4.78 is 0. The second-order valence-corrected chi connectivity index (χ2v) is 6.80. The molecule has 0 saturated heterocycles. The van der Waals surface area contributed by atoms with Crippen LogP contribution in [-0.2, 0) is 0 Å². The molecule has 0 aliphatic rings. The van der Waals surface area contributed by atoms with Crippen LogP contribution in [0.5, 0.6) is 0 Å². The Morgan fingerprint density at radius 1 is 1.07 bits per heavy atom. The topological polar surface area (TPSA) is 62.8 Å². The zero-order valence-electron chi connectivity index (χ0n) is 17.7. The number of hydrogen-bond acceptors (Lipinski definition) is 3. The number of nitrogens with one attached hydrogen (secondary N) is 1. The van der Waals surface area contributed by atoms with E-state index in [0.717, 1.165) is 44.7 Å². The summed E-state index contributed by atoms with van der Waals surface area (Å²) in [5.41, 5.74) is 14.6. The Hall–Kier alpha value is -3.46. The monoisotopic (exact) mass is 383 g/mol. The van der Waals surface area contributed by atoms with Gasteiger partial charge in [0.2, 0.25) is 0 Å². The highest BCUT2D eigenvalue weighted by atomic mass is 14.7. The van der Waals surface area contributed by atoms with E-state index in [9.17, 15) is 0 Å². The molecule has 0 spiro atoms. The number of allylic oxidation sites excluding steroid dienone is 6. The molecule has 1 aromatic carbocycles. The van der Waals surface area contributed by atoms with Crippen LogP contribution in [0.15, 0.2) is 95.9 Å². The van der Waals surface area contributed by atoms with Crippen molar-refractivity contribution in [1.82, 2.24) is 4.98 Å². The van der Waals surface area contributed by atoms with Gasteiger partial charge in [-0.2, -0.15) is 0 Å². The van der Waals surface area contributed by atoms with Crippen LogP contribution < -0.4 is 5.73 Å². The fourth-order valence-corrected chi connectivity index (χ4v) is 3.16. The second kappa shape index (κ2) is 10.2. The van der Waals surface area contributed by atoms with Crippen LogP contribution in [0, 0.1) is 19.3 Å². The lowest BCUT2D eigenvalue weighted by Crippen LogP contribution is -2.07. The summed E-state index contributed by atoms with van der Waals surface area (Å²) in [7, 11) is 0. The summed E-state index contributed by atoms with van der Waals surface area (Å²) in [5, 5.41) is 7.53. The fourth-order valence-electron chi connectivity index (χ4n) is 3.16. The highest BCUT2D eigenvalue weighted by molar-refractivity contribution is 5.89. The first-order valence-corrected chi connectivity index (χ1v) is 9.62. The molecule has 0 amide bonds. The molecule has 0 bridgehead atoms. The Kier molecular flexibility index (Phi) is 7.67. The molecule has 0 aliphatic carbocycles. The van der Waals surface area contributed by atoms with E-state index in [0.29, 0.717) is 5.70 Å². The highest BCUT2D eigenvalue weighted by Crippen LogP contribution is 2.35. The Morgan fingerprint density at radius 3 is 2.31 bits per heavy atom. The van der Waals surface area contributed by atoms with Crippen molar-refractivity contribution in [2.75, 3.05) is 0 Å². The summed E-state index contributed by atoms with van der Waals surface area (Å²) in [6.45, 7) is 12.0. The molecule has 2 rings (SSSR count). The number of aromatic nitrogens is 1. The quantitative estimate of drug-likeness (QED) is 0.450. The molecule has 0 fully saturated rings. The van der Waals surface area contributed by atoms with Gasteiger partial charge in [0.05, 0.1) is 0 Å². The van der Waals surface area contributed by atoms with Crippen molar-refractivity contribution in [3.8, 4) is 0 Å². The van der Waals surface area contributed by atoms with E-state index in [1.54, 1.807) is 0 Å². The van der Waals surface area contributed by atoms with Gasteiger partial charge in [0, 0.05) is 40.5 Å². The van der Waals surface area contributed by atoms with Crippen molar-refractivity contribution in [1.29, 1.82) is 5.41 Å². The van der Waals surface area contributed by atoms with Crippen molar-refractivity contribution < 1.29 is 0 Å². The van der Waals surface area contributed by atoms with Crippen LogP contribution in [0.2, 0.25) is 0 Å². The Bertz CT molecular complexity index is 1020. The van der Waals surface area contributed by atoms with E-state index < -0.39 is 0 Å². The maximum Gasteiger partial charge on any atom is 0.0451 e. The molecule has 3 nitrogen and oxygen atoms in total. The first-order valence-electron chi connectivity index (χ1n) is 9.62. The van der Waals surface area contributed by atoms with Crippen molar-refractivity contribution in [3.63, 3.8) is 0 Å². The van der Waals surface area contributed by atoms with Crippen molar-refractivity contribution in [2.45, 2.75) is 27.7 Å². The molecule has 3 heteroatoms. The number of rotatable bonds is 7. The largest absolute Gasteiger partial charge is 0.399 e. The Labute approximate surface area is 174 Å². The number of nitrogens with zero attached hydrogens (tertiary/aromatic N) is 1. The standard InChI is InChI=1S/C26H29N3/c1-6-21(16-27)13-14-22(7-2)25(19(4)28)26(23-11-9-8-10-12-23)24-15-18(3)17-29-20(24)5/h6-17,27H,4,28H2,1-3,5H3/b14-13+,21-6-,22-7+,26-25+,27-16?. The van der Waals surface area contributed by atoms with Crippen LogP contribution in [-0.4, -0.2) is 11.2 Å². The highest BCUT2D eigenvalue weighted by Gasteiger charge is 2.18. The van der Waals surface area contributed by atoms with E-state index in [1.807, 2.05) is 76.4 Å². The molecule has 1 heterocycles. The molecular weight excluding hydrogens is 354 g/mol. The third-order valence-corrected chi connectivity index (χ3v) is 4.68. The zero-order valence-corrected chi connectivity index (χ0v) is 17.7. The number of nitrogens with two attached hydrogens (primary N) is 1. The maximum atomic E-state index is 7.53. The lowest BCUT2D eigenvalue weighted by Gasteiger charge is -2.19. The summed E-state index contributed by atoms with van der Waals surface area (Å²) in [4.78, 5) is 4.57. The summed E-state index contributed by atoms with van der Waals surface area (Å²) in [6, 6.07) is 12.3. The molecule has 1 aromatic heterocycles. The minimum atomic E-state index is 0.486. The minimum Gasteiger partial charge on any atom is -0.399 e. The van der Waals surface area contributed by atoms with Gasteiger partial charge in [-0.3, -0.25) is 4.98 Å². The van der Waals surface area contributed by atoms with Crippen molar-refractivity contribution >= 4 is 11.8 Å². The summed E-state index contributed by atoms with van der Waals surface area (Å²) in [5.74, 6) is 0. The van der Waals surface area contributed by atoms with Crippen LogP contribution in [0.4, 0.5) is 0 Å². The number of benzene rings is 1. The van der Waals surface area contributed by atoms with Gasteiger partial charge in [0.1, 0.15) is 0 Å². The SMILES string of the molecule is C=C(N)C(=C(/c1ccccc1)c1cc(C)cnc1C)/C(/C=C/C(C=N)=C/C)=C/C. The molecule has 0 atom stereocenters. The number of pyridine rings is 1. The molecule has 148 valence electrons. The molecule has 2 aromatic rings. The van der Waals surface area contributed by atoms with Gasteiger partial charge in [-0.05, 0) is 56.0 Å². The molecule has 0 aliphatic heterocycles. The zero-order chi connectivity index (χ0) is 21.4. The van der Waals surface area contributed by atoms with Gasteiger partial charge in [0.15, 0.2) is 0 Å². The van der Waals surface area contributed by atoms with Gasteiger partial charge in [0.25, 0.3) is 0 Å². The third-order valence-electron chi connectivity index (χ3n) is 4.68.